The molecule has 0 saturated heterocycles. The maximum absolute atomic E-state index is 12.4. The van der Waals surface area contributed by atoms with Crippen LogP contribution in [0, 0.1) is 5.92 Å². The molecule has 2 rings (SSSR count). The summed E-state index contributed by atoms with van der Waals surface area (Å²) in [6.45, 7) is -0.553. The van der Waals surface area contributed by atoms with E-state index in [0.29, 0.717) is 12.8 Å². The van der Waals surface area contributed by atoms with Crippen molar-refractivity contribution in [2.24, 2.45) is 5.92 Å². The Labute approximate surface area is 120 Å². The van der Waals surface area contributed by atoms with Crippen molar-refractivity contribution in [1.29, 1.82) is 0 Å². The molecule has 116 valence electrons. The maximum atomic E-state index is 12.4. The lowest BCUT2D eigenvalue weighted by molar-refractivity contribution is -0.143. The van der Waals surface area contributed by atoms with Gasteiger partial charge < -0.3 is 15.0 Å². The fraction of sp³-hybridized carbons (Fsp3) is 0.571. The number of aliphatic carboxylic acids is 1. The lowest BCUT2D eigenvalue weighted by Crippen LogP contribution is -2.45. The van der Waals surface area contributed by atoms with E-state index in [0.717, 1.165) is 12.8 Å². The van der Waals surface area contributed by atoms with Crippen LogP contribution in [0.25, 0.3) is 0 Å². The van der Waals surface area contributed by atoms with Gasteiger partial charge in [0.15, 0.2) is 0 Å². The third-order valence-corrected chi connectivity index (χ3v) is 3.80. The molecule has 1 aromatic heterocycles. The van der Waals surface area contributed by atoms with Crippen molar-refractivity contribution >= 4 is 11.9 Å². The first-order valence-electron chi connectivity index (χ1n) is 6.96. The highest BCUT2D eigenvalue weighted by Gasteiger charge is 2.32. The Morgan fingerprint density at radius 3 is 2.76 bits per heavy atom. The summed E-state index contributed by atoms with van der Waals surface area (Å²) in [5.41, 5.74) is 0.130. The number of rotatable bonds is 5. The van der Waals surface area contributed by atoms with Gasteiger partial charge in [-0.05, 0) is 25.0 Å². The van der Waals surface area contributed by atoms with Crippen LogP contribution >= 0.6 is 0 Å². The number of aromatic nitrogens is 1. The summed E-state index contributed by atoms with van der Waals surface area (Å²) in [5.74, 6) is -2.04. The van der Waals surface area contributed by atoms with E-state index in [1.807, 2.05) is 0 Å². The third kappa shape index (κ3) is 3.80. The summed E-state index contributed by atoms with van der Waals surface area (Å²) < 4.78 is 26.1. The normalized spacial score (nSPS) is 22.2. The fourth-order valence-electron chi connectivity index (χ4n) is 2.77. The van der Waals surface area contributed by atoms with Crippen molar-refractivity contribution in [3.8, 4) is 0 Å². The number of carboxylic acid groups (broad SMARTS) is 1. The number of nitrogens with zero attached hydrogens (tertiary/aromatic N) is 1. The van der Waals surface area contributed by atoms with E-state index in [-0.39, 0.29) is 5.69 Å². The summed E-state index contributed by atoms with van der Waals surface area (Å²) in [6, 6.07) is 2.53. The van der Waals surface area contributed by atoms with E-state index < -0.39 is 36.8 Å². The second kappa shape index (κ2) is 6.69. The minimum Gasteiger partial charge on any atom is -0.481 e. The molecule has 2 atom stereocenters. The third-order valence-electron chi connectivity index (χ3n) is 3.80. The van der Waals surface area contributed by atoms with Gasteiger partial charge in [-0.1, -0.05) is 12.8 Å². The summed E-state index contributed by atoms with van der Waals surface area (Å²) in [7, 11) is 0. The van der Waals surface area contributed by atoms with E-state index >= 15 is 0 Å². The van der Waals surface area contributed by atoms with E-state index in [4.69, 9.17) is 5.11 Å². The average molecular weight is 300 g/mol. The quantitative estimate of drug-likeness (QED) is 0.875. The highest BCUT2D eigenvalue weighted by atomic mass is 19.3. The van der Waals surface area contributed by atoms with E-state index in [1.54, 1.807) is 0 Å². The zero-order chi connectivity index (χ0) is 15.4. The van der Waals surface area contributed by atoms with Gasteiger partial charge in [0.2, 0.25) is 0 Å². The Balaban J connectivity index is 2.06. The smallest absolute Gasteiger partial charge is 0.308 e. The standard InChI is InChI=1S/C14H18F2N2O3/c15-12(16)8-18-7-3-6-11(18)13(19)17-10-5-2-1-4-9(10)14(20)21/h3,6-7,9-10,12H,1-2,4-5,8H2,(H,17,19)(H,20,21). The molecule has 1 aromatic rings. The summed E-state index contributed by atoms with van der Waals surface area (Å²) >= 11 is 0. The molecule has 1 amide bonds. The van der Waals surface area contributed by atoms with Crippen molar-refractivity contribution in [3.05, 3.63) is 24.0 Å². The summed E-state index contributed by atoms with van der Waals surface area (Å²) in [5, 5.41) is 11.9. The first-order valence-corrected chi connectivity index (χ1v) is 6.96. The van der Waals surface area contributed by atoms with Crippen molar-refractivity contribution in [3.63, 3.8) is 0 Å². The molecule has 0 aliphatic heterocycles. The van der Waals surface area contributed by atoms with Crippen LogP contribution in [0.5, 0.6) is 0 Å². The number of hydrogen-bond donors (Lipinski definition) is 2. The van der Waals surface area contributed by atoms with Crippen molar-refractivity contribution in [2.45, 2.75) is 44.7 Å². The number of alkyl halides is 2. The number of carboxylic acids is 1. The zero-order valence-corrected chi connectivity index (χ0v) is 11.5. The highest BCUT2D eigenvalue weighted by Crippen LogP contribution is 2.25. The van der Waals surface area contributed by atoms with Gasteiger partial charge in [-0.15, -0.1) is 0 Å². The zero-order valence-electron chi connectivity index (χ0n) is 11.5. The highest BCUT2D eigenvalue weighted by molar-refractivity contribution is 5.93. The molecule has 0 radical (unpaired) electrons. The second-order valence-corrected chi connectivity index (χ2v) is 5.25. The van der Waals surface area contributed by atoms with E-state index in [2.05, 4.69) is 5.32 Å². The monoisotopic (exact) mass is 300 g/mol. The molecular weight excluding hydrogens is 282 g/mol. The van der Waals surface area contributed by atoms with E-state index in [1.165, 1.54) is 22.9 Å². The molecular formula is C14H18F2N2O3. The van der Waals surface area contributed by atoms with Gasteiger partial charge in [-0.3, -0.25) is 9.59 Å². The number of hydrogen-bond acceptors (Lipinski definition) is 2. The summed E-state index contributed by atoms with van der Waals surface area (Å²) in [6.07, 6.45) is 1.66. The van der Waals surface area contributed by atoms with Crippen LogP contribution in [-0.2, 0) is 11.3 Å². The molecule has 21 heavy (non-hydrogen) atoms. The maximum Gasteiger partial charge on any atom is 0.308 e. The Kier molecular flexibility index (Phi) is 4.93. The fourth-order valence-corrected chi connectivity index (χ4v) is 2.77. The first-order chi connectivity index (χ1) is 9.99. The van der Waals surface area contributed by atoms with Gasteiger partial charge in [-0.2, -0.15) is 0 Å². The molecule has 0 bridgehead atoms. The Bertz CT molecular complexity index is 516. The van der Waals surface area contributed by atoms with Crippen LogP contribution in [0.2, 0.25) is 0 Å². The molecule has 1 fully saturated rings. The van der Waals surface area contributed by atoms with Crippen molar-refractivity contribution < 1.29 is 23.5 Å². The van der Waals surface area contributed by atoms with Gasteiger partial charge in [0, 0.05) is 12.2 Å². The van der Waals surface area contributed by atoms with E-state index in [9.17, 15) is 18.4 Å². The molecule has 5 nitrogen and oxygen atoms in total. The lowest BCUT2D eigenvalue weighted by Gasteiger charge is -2.29. The number of amides is 1. The largest absolute Gasteiger partial charge is 0.481 e. The van der Waals surface area contributed by atoms with Gasteiger partial charge >= 0.3 is 5.97 Å². The number of nitrogens with one attached hydrogen (secondary N) is 1. The predicted molar refractivity (Wildman–Crippen MR) is 71.3 cm³/mol. The average Bonchev–Trinajstić information content (AvgIpc) is 2.86. The molecule has 1 heterocycles. The van der Waals surface area contributed by atoms with Crippen LogP contribution in [-0.4, -0.2) is 34.0 Å². The SMILES string of the molecule is O=C(NC1CCCCC1C(=O)O)c1cccn1CC(F)F. The molecule has 0 aromatic carbocycles. The lowest BCUT2D eigenvalue weighted by atomic mass is 9.84. The molecule has 1 saturated carbocycles. The van der Waals surface area contributed by atoms with Crippen LogP contribution < -0.4 is 5.32 Å². The van der Waals surface area contributed by atoms with Gasteiger partial charge in [-0.25, -0.2) is 8.78 Å². The predicted octanol–water partition coefficient (Wildman–Crippen LogP) is 2.13. The van der Waals surface area contributed by atoms with Crippen LogP contribution in [0.15, 0.2) is 18.3 Å². The van der Waals surface area contributed by atoms with Crippen molar-refractivity contribution in [2.75, 3.05) is 0 Å². The number of carbonyl (C=O) groups is 2. The van der Waals surface area contributed by atoms with Gasteiger partial charge in [0.25, 0.3) is 12.3 Å². The second-order valence-electron chi connectivity index (χ2n) is 5.25. The Morgan fingerprint density at radius 2 is 2.10 bits per heavy atom. The van der Waals surface area contributed by atoms with Gasteiger partial charge in [0.05, 0.1) is 12.5 Å². The Morgan fingerprint density at radius 1 is 1.38 bits per heavy atom. The molecule has 2 unspecified atom stereocenters. The molecule has 0 spiro atoms. The van der Waals surface area contributed by atoms with Crippen LogP contribution in [0.1, 0.15) is 36.2 Å². The minimum absolute atomic E-state index is 0.130. The van der Waals surface area contributed by atoms with Crippen molar-refractivity contribution in [1.82, 2.24) is 9.88 Å². The first kappa shape index (κ1) is 15.5. The Hall–Kier alpha value is -1.92. The summed E-state index contributed by atoms with van der Waals surface area (Å²) in [4.78, 5) is 23.4. The molecule has 7 heteroatoms. The van der Waals surface area contributed by atoms with Crippen LogP contribution in [0.4, 0.5) is 8.78 Å². The molecule has 1 aliphatic carbocycles. The number of carbonyl (C=O) groups excluding carboxylic acids is 1. The van der Waals surface area contributed by atoms with Gasteiger partial charge in [0.1, 0.15) is 5.69 Å². The molecule has 1 aliphatic rings. The number of halogens is 2. The topological polar surface area (TPSA) is 71.3 Å². The molecule has 2 N–H and O–H groups in total. The van der Waals surface area contributed by atoms with Crippen LogP contribution in [0.3, 0.4) is 0 Å². The minimum atomic E-state index is -2.55.